The van der Waals surface area contributed by atoms with E-state index in [1.165, 1.54) is 5.56 Å². The highest BCUT2D eigenvalue weighted by Crippen LogP contribution is 2.24. The number of rotatable bonds is 8. The third kappa shape index (κ3) is 6.13. The molecule has 0 amide bonds. The predicted octanol–water partition coefficient (Wildman–Crippen LogP) is 3.44. The molecule has 0 bridgehead atoms. The molecule has 26 heavy (non-hydrogen) atoms. The monoisotopic (exact) mass is 357 g/mol. The number of aliphatic hydroxyl groups is 2. The average Bonchev–Trinajstić information content (AvgIpc) is 2.64. The first-order valence-electron chi connectivity index (χ1n) is 9.15. The molecule has 2 rings (SSSR count). The van der Waals surface area contributed by atoms with E-state index in [9.17, 15) is 10.2 Å². The number of nitrogens with one attached hydrogen (secondary N) is 1. The highest BCUT2D eigenvalue weighted by molar-refractivity contribution is 5.31. The fourth-order valence-corrected chi connectivity index (χ4v) is 2.67. The maximum Gasteiger partial charge on any atom is 0.119 e. The molecule has 0 spiro atoms. The van der Waals surface area contributed by atoms with Crippen molar-refractivity contribution < 1.29 is 14.9 Å². The van der Waals surface area contributed by atoms with Crippen LogP contribution in [-0.4, -0.2) is 35.5 Å². The van der Waals surface area contributed by atoms with Crippen LogP contribution in [0.4, 0.5) is 0 Å². The normalized spacial score (nSPS) is 15.3. The van der Waals surface area contributed by atoms with Gasteiger partial charge in [-0.05, 0) is 35.6 Å². The molecule has 142 valence electrons. The number of hydrogen-bond donors (Lipinski definition) is 3. The van der Waals surface area contributed by atoms with Crippen LogP contribution in [0.3, 0.4) is 0 Å². The van der Waals surface area contributed by atoms with E-state index in [2.05, 4.69) is 38.2 Å². The molecule has 0 aliphatic carbocycles. The summed E-state index contributed by atoms with van der Waals surface area (Å²) >= 11 is 0. The van der Waals surface area contributed by atoms with Crippen LogP contribution in [0.15, 0.2) is 54.6 Å². The first-order chi connectivity index (χ1) is 12.3. The first-order valence-corrected chi connectivity index (χ1v) is 9.15. The van der Waals surface area contributed by atoms with Crippen molar-refractivity contribution >= 4 is 0 Å². The van der Waals surface area contributed by atoms with E-state index in [4.69, 9.17) is 4.74 Å². The molecule has 0 aromatic heterocycles. The van der Waals surface area contributed by atoms with Gasteiger partial charge in [0, 0.05) is 12.6 Å². The second-order valence-corrected chi connectivity index (χ2v) is 7.79. The standard InChI is InChI=1S/C22H31NO3/c1-16(21(25)17-8-6-5-7-9-17)23-14-19(24)15-26-20-12-10-18(11-13-20)22(2,3)4/h5-13,16,19,21,23-25H,14-15H2,1-4H3. The van der Waals surface area contributed by atoms with E-state index in [1.807, 2.05) is 49.4 Å². The summed E-state index contributed by atoms with van der Waals surface area (Å²) in [4.78, 5) is 0. The lowest BCUT2D eigenvalue weighted by Gasteiger charge is -2.22. The zero-order valence-electron chi connectivity index (χ0n) is 16.1. The smallest absolute Gasteiger partial charge is 0.119 e. The Morgan fingerprint density at radius 2 is 1.58 bits per heavy atom. The lowest BCUT2D eigenvalue weighted by atomic mass is 9.87. The van der Waals surface area contributed by atoms with Gasteiger partial charge in [-0.3, -0.25) is 0 Å². The van der Waals surface area contributed by atoms with Gasteiger partial charge in [-0.2, -0.15) is 0 Å². The lowest BCUT2D eigenvalue weighted by molar-refractivity contribution is 0.0876. The molecular weight excluding hydrogens is 326 g/mol. The van der Waals surface area contributed by atoms with Crippen molar-refractivity contribution in [1.29, 1.82) is 0 Å². The van der Waals surface area contributed by atoms with Gasteiger partial charge in [0.2, 0.25) is 0 Å². The second kappa shape index (κ2) is 9.17. The Hall–Kier alpha value is -1.88. The Morgan fingerprint density at radius 3 is 2.15 bits per heavy atom. The molecule has 0 saturated heterocycles. The van der Waals surface area contributed by atoms with Crippen LogP contribution in [0.2, 0.25) is 0 Å². The molecule has 0 radical (unpaired) electrons. The van der Waals surface area contributed by atoms with E-state index in [1.54, 1.807) is 0 Å². The molecule has 2 aromatic carbocycles. The molecule has 0 aliphatic heterocycles. The third-order valence-corrected chi connectivity index (χ3v) is 4.45. The molecule has 0 saturated carbocycles. The van der Waals surface area contributed by atoms with Gasteiger partial charge in [0.05, 0.1) is 6.10 Å². The molecule has 3 atom stereocenters. The van der Waals surface area contributed by atoms with Crippen LogP contribution in [0.5, 0.6) is 5.75 Å². The molecule has 4 heteroatoms. The van der Waals surface area contributed by atoms with Crippen molar-refractivity contribution in [2.45, 2.75) is 51.4 Å². The summed E-state index contributed by atoms with van der Waals surface area (Å²) < 4.78 is 5.66. The molecular formula is C22H31NO3. The Balaban J connectivity index is 1.75. The number of hydrogen-bond acceptors (Lipinski definition) is 4. The minimum Gasteiger partial charge on any atom is -0.491 e. The molecule has 4 nitrogen and oxygen atoms in total. The van der Waals surface area contributed by atoms with E-state index in [0.29, 0.717) is 6.54 Å². The van der Waals surface area contributed by atoms with Crippen LogP contribution < -0.4 is 10.1 Å². The number of ether oxygens (including phenoxy) is 1. The van der Waals surface area contributed by atoms with Crippen molar-refractivity contribution in [3.8, 4) is 5.75 Å². The van der Waals surface area contributed by atoms with Crippen LogP contribution in [-0.2, 0) is 5.41 Å². The highest BCUT2D eigenvalue weighted by atomic mass is 16.5. The summed E-state index contributed by atoms with van der Waals surface area (Å²) in [6, 6.07) is 17.3. The van der Waals surface area contributed by atoms with Crippen molar-refractivity contribution in [2.24, 2.45) is 0 Å². The van der Waals surface area contributed by atoms with Gasteiger partial charge >= 0.3 is 0 Å². The molecule has 3 N–H and O–H groups in total. The lowest BCUT2D eigenvalue weighted by Crippen LogP contribution is -2.39. The molecule has 0 aliphatic rings. The maximum atomic E-state index is 10.3. The van der Waals surface area contributed by atoms with Gasteiger partial charge in [0.25, 0.3) is 0 Å². The number of aliphatic hydroxyl groups excluding tert-OH is 2. The third-order valence-electron chi connectivity index (χ3n) is 4.45. The van der Waals surface area contributed by atoms with Crippen LogP contribution >= 0.6 is 0 Å². The Labute approximate surface area is 156 Å². The topological polar surface area (TPSA) is 61.7 Å². The first kappa shape index (κ1) is 20.4. The van der Waals surface area contributed by atoms with Gasteiger partial charge in [-0.25, -0.2) is 0 Å². The summed E-state index contributed by atoms with van der Waals surface area (Å²) in [5, 5.41) is 23.6. The van der Waals surface area contributed by atoms with E-state index < -0.39 is 12.2 Å². The zero-order chi connectivity index (χ0) is 19.2. The second-order valence-electron chi connectivity index (χ2n) is 7.79. The Morgan fingerprint density at radius 1 is 0.962 bits per heavy atom. The van der Waals surface area contributed by atoms with Crippen molar-refractivity contribution in [3.05, 3.63) is 65.7 Å². The summed E-state index contributed by atoms with van der Waals surface area (Å²) in [6.07, 6.45) is -1.27. The molecule has 2 aromatic rings. The van der Waals surface area contributed by atoms with Crippen LogP contribution in [0.1, 0.15) is 44.9 Å². The minimum absolute atomic E-state index is 0.109. The average molecular weight is 357 g/mol. The van der Waals surface area contributed by atoms with Crippen molar-refractivity contribution in [2.75, 3.05) is 13.2 Å². The van der Waals surface area contributed by atoms with E-state index in [-0.39, 0.29) is 18.1 Å². The SMILES string of the molecule is CC(NCC(O)COc1ccc(C(C)(C)C)cc1)C(O)c1ccccc1. The van der Waals surface area contributed by atoms with Crippen molar-refractivity contribution in [1.82, 2.24) is 5.32 Å². The van der Waals surface area contributed by atoms with Gasteiger partial charge in [-0.1, -0.05) is 63.2 Å². The quantitative estimate of drug-likeness (QED) is 0.677. The van der Waals surface area contributed by atoms with Gasteiger partial charge in [0.15, 0.2) is 0 Å². The van der Waals surface area contributed by atoms with Crippen LogP contribution in [0.25, 0.3) is 0 Å². The van der Waals surface area contributed by atoms with E-state index >= 15 is 0 Å². The molecule has 3 unspecified atom stereocenters. The fourth-order valence-electron chi connectivity index (χ4n) is 2.67. The fraction of sp³-hybridized carbons (Fsp3) is 0.455. The summed E-state index contributed by atoms with van der Waals surface area (Å²) in [6.45, 7) is 8.97. The predicted molar refractivity (Wildman–Crippen MR) is 106 cm³/mol. The minimum atomic E-state index is -0.650. The zero-order valence-corrected chi connectivity index (χ0v) is 16.1. The molecule has 0 heterocycles. The maximum absolute atomic E-state index is 10.3. The highest BCUT2D eigenvalue weighted by Gasteiger charge is 2.17. The summed E-state index contributed by atoms with van der Waals surface area (Å²) in [7, 11) is 0. The largest absolute Gasteiger partial charge is 0.491 e. The summed E-state index contributed by atoms with van der Waals surface area (Å²) in [5.41, 5.74) is 2.21. The number of benzene rings is 2. The Kier molecular flexibility index (Phi) is 7.21. The van der Waals surface area contributed by atoms with Crippen molar-refractivity contribution in [3.63, 3.8) is 0 Å². The Bertz CT molecular complexity index is 649. The van der Waals surface area contributed by atoms with Gasteiger partial charge < -0.3 is 20.3 Å². The summed E-state index contributed by atoms with van der Waals surface area (Å²) in [5.74, 6) is 0.745. The van der Waals surface area contributed by atoms with Gasteiger partial charge in [-0.15, -0.1) is 0 Å². The van der Waals surface area contributed by atoms with Gasteiger partial charge in [0.1, 0.15) is 18.5 Å². The molecule has 0 fully saturated rings. The van der Waals surface area contributed by atoms with Crippen LogP contribution in [0, 0.1) is 0 Å². The van der Waals surface area contributed by atoms with E-state index in [0.717, 1.165) is 11.3 Å².